The first-order valence-corrected chi connectivity index (χ1v) is 7.12. The Hall–Kier alpha value is -0.160. The normalized spacial score (nSPS) is 13.0. The van der Waals surface area contributed by atoms with Crippen LogP contribution < -0.4 is 5.32 Å². The molecule has 2 aromatic rings. The van der Waals surface area contributed by atoms with E-state index in [1.807, 2.05) is 18.4 Å². The Morgan fingerprint density at radius 3 is 2.27 bits per heavy atom. The molecule has 0 saturated carbocycles. The summed E-state index contributed by atoms with van der Waals surface area (Å²) in [6, 6.07) is 8.98. The van der Waals surface area contributed by atoms with Crippen LogP contribution in [-0.4, -0.2) is 7.05 Å². The molecule has 0 fully saturated rings. The lowest BCUT2D eigenvalue weighted by molar-refractivity contribution is 0.716. The number of hydrogen-bond acceptors (Lipinski definition) is 3. The molecule has 1 unspecified atom stereocenters. The molecule has 0 bridgehead atoms. The second-order valence-electron chi connectivity index (χ2n) is 3.31. The van der Waals surface area contributed by atoms with Crippen LogP contribution in [0.3, 0.4) is 0 Å². The van der Waals surface area contributed by atoms with Crippen molar-refractivity contribution in [2.24, 2.45) is 0 Å². The molecule has 4 heteroatoms. The third-order valence-electron chi connectivity index (χ3n) is 2.21. The van der Waals surface area contributed by atoms with Crippen LogP contribution in [0.25, 0.3) is 0 Å². The Bertz CT molecular complexity index is 407. The molecular formula is C11H12BrNS2. The molecule has 0 spiro atoms. The van der Waals surface area contributed by atoms with Gasteiger partial charge in [0, 0.05) is 14.6 Å². The molecule has 0 aliphatic carbocycles. The number of aryl methyl sites for hydroxylation is 1. The van der Waals surface area contributed by atoms with Crippen molar-refractivity contribution < 1.29 is 0 Å². The molecule has 2 rings (SSSR count). The fraction of sp³-hybridized carbons (Fsp3) is 0.273. The fourth-order valence-corrected chi connectivity index (χ4v) is 4.15. The van der Waals surface area contributed by atoms with Gasteiger partial charge in [0.25, 0.3) is 0 Å². The molecule has 0 aromatic carbocycles. The van der Waals surface area contributed by atoms with Gasteiger partial charge in [-0.15, -0.1) is 22.7 Å². The topological polar surface area (TPSA) is 12.0 Å². The predicted octanol–water partition coefficient (Wildman–Crippen LogP) is 4.19. The van der Waals surface area contributed by atoms with Crippen molar-refractivity contribution in [2.45, 2.75) is 13.0 Å². The minimum Gasteiger partial charge on any atom is -0.308 e. The highest BCUT2D eigenvalue weighted by Crippen LogP contribution is 2.33. The van der Waals surface area contributed by atoms with E-state index in [2.05, 4.69) is 52.4 Å². The van der Waals surface area contributed by atoms with Crippen LogP contribution in [-0.2, 0) is 0 Å². The Labute approximate surface area is 106 Å². The Balaban J connectivity index is 2.32. The van der Waals surface area contributed by atoms with E-state index < -0.39 is 0 Å². The number of nitrogens with one attached hydrogen (secondary N) is 1. The molecule has 0 saturated heterocycles. The van der Waals surface area contributed by atoms with Crippen molar-refractivity contribution >= 4 is 38.6 Å². The van der Waals surface area contributed by atoms with Crippen molar-refractivity contribution in [1.29, 1.82) is 0 Å². The van der Waals surface area contributed by atoms with Crippen molar-refractivity contribution in [3.8, 4) is 0 Å². The van der Waals surface area contributed by atoms with E-state index in [9.17, 15) is 0 Å². The maximum Gasteiger partial charge on any atom is 0.0762 e. The minimum absolute atomic E-state index is 0.333. The summed E-state index contributed by atoms with van der Waals surface area (Å²) in [5, 5.41) is 3.36. The highest BCUT2D eigenvalue weighted by molar-refractivity contribution is 9.11. The maximum absolute atomic E-state index is 3.50. The molecule has 1 atom stereocenters. The molecule has 0 aliphatic rings. The van der Waals surface area contributed by atoms with Gasteiger partial charge < -0.3 is 5.32 Å². The van der Waals surface area contributed by atoms with Crippen LogP contribution in [0.2, 0.25) is 0 Å². The number of thiophene rings is 2. The Morgan fingerprint density at radius 2 is 1.80 bits per heavy atom. The van der Waals surface area contributed by atoms with Gasteiger partial charge >= 0.3 is 0 Å². The molecular weight excluding hydrogens is 290 g/mol. The van der Waals surface area contributed by atoms with Gasteiger partial charge in [0.1, 0.15) is 0 Å². The molecule has 0 amide bonds. The SMILES string of the molecule is CNC(c1ccc(C)s1)c1ccc(Br)s1. The lowest BCUT2D eigenvalue weighted by Crippen LogP contribution is -2.14. The smallest absolute Gasteiger partial charge is 0.0762 e. The zero-order valence-electron chi connectivity index (χ0n) is 8.58. The summed E-state index contributed by atoms with van der Waals surface area (Å²) < 4.78 is 1.19. The van der Waals surface area contributed by atoms with Gasteiger partial charge in [-0.1, -0.05) is 0 Å². The van der Waals surface area contributed by atoms with E-state index in [4.69, 9.17) is 0 Å². The summed E-state index contributed by atoms with van der Waals surface area (Å²) in [5.41, 5.74) is 0. The van der Waals surface area contributed by atoms with Crippen LogP contribution in [0.15, 0.2) is 28.1 Å². The van der Waals surface area contributed by atoms with Crippen molar-refractivity contribution in [3.63, 3.8) is 0 Å². The van der Waals surface area contributed by atoms with E-state index >= 15 is 0 Å². The molecule has 80 valence electrons. The van der Waals surface area contributed by atoms with Crippen molar-refractivity contribution in [2.75, 3.05) is 7.05 Å². The fourth-order valence-electron chi connectivity index (χ4n) is 1.52. The van der Waals surface area contributed by atoms with Crippen LogP contribution in [0, 0.1) is 6.92 Å². The van der Waals surface area contributed by atoms with E-state index in [0.29, 0.717) is 6.04 Å². The van der Waals surface area contributed by atoms with Gasteiger partial charge in [0.05, 0.1) is 9.83 Å². The number of rotatable bonds is 3. The van der Waals surface area contributed by atoms with Gasteiger partial charge in [0.15, 0.2) is 0 Å². The summed E-state index contributed by atoms with van der Waals surface area (Å²) in [7, 11) is 2.01. The zero-order valence-corrected chi connectivity index (χ0v) is 11.8. The molecule has 2 aromatic heterocycles. The first-order chi connectivity index (χ1) is 7.20. The third kappa shape index (κ3) is 2.50. The van der Waals surface area contributed by atoms with Crippen molar-refractivity contribution in [1.82, 2.24) is 5.32 Å². The largest absolute Gasteiger partial charge is 0.308 e. The summed E-state index contributed by atoms with van der Waals surface area (Å²) >= 11 is 7.14. The molecule has 1 N–H and O–H groups in total. The third-order valence-corrected chi connectivity index (χ3v) is 4.97. The predicted molar refractivity (Wildman–Crippen MR) is 72.0 cm³/mol. The van der Waals surface area contributed by atoms with Gasteiger partial charge in [-0.25, -0.2) is 0 Å². The van der Waals surface area contributed by atoms with Gasteiger partial charge in [0.2, 0.25) is 0 Å². The van der Waals surface area contributed by atoms with Gasteiger partial charge in [-0.3, -0.25) is 0 Å². The van der Waals surface area contributed by atoms with Crippen LogP contribution >= 0.6 is 38.6 Å². The van der Waals surface area contributed by atoms with Gasteiger partial charge in [-0.2, -0.15) is 0 Å². The average molecular weight is 302 g/mol. The summed E-state index contributed by atoms with van der Waals surface area (Å²) in [5.74, 6) is 0. The lowest BCUT2D eigenvalue weighted by atomic mass is 10.2. The summed E-state index contributed by atoms with van der Waals surface area (Å²) in [4.78, 5) is 4.09. The minimum atomic E-state index is 0.333. The second-order valence-corrected chi connectivity index (χ2v) is 7.13. The summed E-state index contributed by atoms with van der Waals surface area (Å²) in [6.45, 7) is 2.14. The lowest BCUT2D eigenvalue weighted by Gasteiger charge is -2.11. The molecule has 1 nitrogen and oxygen atoms in total. The van der Waals surface area contributed by atoms with E-state index in [1.165, 1.54) is 18.4 Å². The monoisotopic (exact) mass is 301 g/mol. The van der Waals surface area contributed by atoms with E-state index in [1.54, 1.807) is 11.3 Å². The van der Waals surface area contributed by atoms with Crippen LogP contribution in [0.4, 0.5) is 0 Å². The van der Waals surface area contributed by atoms with Crippen LogP contribution in [0.1, 0.15) is 20.7 Å². The first kappa shape index (κ1) is 11.3. The Kier molecular flexibility index (Phi) is 3.61. The second kappa shape index (κ2) is 4.78. The maximum atomic E-state index is 3.50. The zero-order chi connectivity index (χ0) is 10.8. The summed E-state index contributed by atoms with van der Waals surface area (Å²) in [6.07, 6.45) is 0. The highest BCUT2D eigenvalue weighted by atomic mass is 79.9. The first-order valence-electron chi connectivity index (χ1n) is 4.69. The molecule has 15 heavy (non-hydrogen) atoms. The van der Waals surface area contributed by atoms with Crippen molar-refractivity contribution in [3.05, 3.63) is 42.7 Å². The number of halogens is 1. The average Bonchev–Trinajstić information content (AvgIpc) is 2.78. The van der Waals surface area contributed by atoms with E-state index in [-0.39, 0.29) is 0 Å². The standard InChI is InChI=1S/C11H12BrNS2/c1-7-3-4-8(14-7)11(13-2)9-5-6-10(12)15-9/h3-6,11,13H,1-2H3. The highest BCUT2D eigenvalue weighted by Gasteiger charge is 2.15. The Morgan fingerprint density at radius 1 is 1.13 bits per heavy atom. The van der Waals surface area contributed by atoms with Crippen LogP contribution in [0.5, 0.6) is 0 Å². The van der Waals surface area contributed by atoms with E-state index in [0.717, 1.165) is 0 Å². The molecule has 2 heterocycles. The quantitative estimate of drug-likeness (QED) is 0.896. The molecule has 0 radical (unpaired) electrons. The van der Waals surface area contributed by atoms with Gasteiger partial charge in [-0.05, 0) is 54.2 Å². The molecule has 0 aliphatic heterocycles. The number of hydrogen-bond donors (Lipinski definition) is 1.